The molecule has 106 valence electrons. The van der Waals surface area contributed by atoms with Crippen molar-refractivity contribution in [2.45, 2.75) is 26.8 Å². The van der Waals surface area contributed by atoms with E-state index in [0.717, 1.165) is 5.69 Å². The van der Waals surface area contributed by atoms with Crippen molar-refractivity contribution in [3.05, 3.63) is 29.8 Å². The van der Waals surface area contributed by atoms with Gasteiger partial charge in [-0.2, -0.15) is 0 Å². The molecule has 1 atom stereocenters. The van der Waals surface area contributed by atoms with Crippen LogP contribution in [0, 0.1) is 5.92 Å². The first-order chi connectivity index (χ1) is 9.10. The summed E-state index contributed by atoms with van der Waals surface area (Å²) in [6.45, 7) is 7.00. The lowest BCUT2D eigenvalue weighted by atomic mass is 10.0. The minimum absolute atomic E-state index is 0.153. The molecule has 0 fully saturated rings. The fraction of sp³-hybridized carbons (Fsp3) is 0.533. The van der Waals surface area contributed by atoms with Crippen LogP contribution in [-0.4, -0.2) is 32.3 Å². The summed E-state index contributed by atoms with van der Waals surface area (Å²) in [6, 6.07) is 7.54. The van der Waals surface area contributed by atoms with Crippen molar-refractivity contribution >= 4 is 11.7 Å². The van der Waals surface area contributed by atoms with E-state index >= 15 is 0 Å². The molecule has 0 radical (unpaired) electrons. The van der Waals surface area contributed by atoms with Crippen molar-refractivity contribution in [2.75, 3.05) is 25.6 Å². The van der Waals surface area contributed by atoms with Gasteiger partial charge < -0.3 is 14.8 Å². The quantitative estimate of drug-likeness (QED) is 0.770. The molecule has 1 N–H and O–H groups in total. The third kappa shape index (κ3) is 4.56. The van der Waals surface area contributed by atoms with E-state index in [0.29, 0.717) is 24.7 Å². The third-order valence-electron chi connectivity index (χ3n) is 2.91. The number of hydrogen-bond donors (Lipinski definition) is 1. The molecule has 0 saturated heterocycles. The predicted octanol–water partition coefficient (Wildman–Crippen LogP) is 2.95. The van der Waals surface area contributed by atoms with Gasteiger partial charge in [-0.1, -0.05) is 26.0 Å². The van der Waals surface area contributed by atoms with Gasteiger partial charge in [0.2, 0.25) is 0 Å². The van der Waals surface area contributed by atoms with E-state index < -0.39 is 0 Å². The van der Waals surface area contributed by atoms with Crippen molar-refractivity contribution in [3.63, 3.8) is 0 Å². The van der Waals surface area contributed by atoms with Gasteiger partial charge in [-0.3, -0.25) is 0 Å². The Morgan fingerprint density at radius 3 is 2.58 bits per heavy atom. The number of esters is 1. The molecule has 0 bridgehead atoms. The first-order valence-electron chi connectivity index (χ1n) is 6.61. The van der Waals surface area contributed by atoms with Crippen LogP contribution < -0.4 is 5.32 Å². The Labute approximate surface area is 115 Å². The summed E-state index contributed by atoms with van der Waals surface area (Å²) < 4.78 is 10.3. The summed E-state index contributed by atoms with van der Waals surface area (Å²) in [6.07, 6.45) is 0. The second-order valence-corrected chi connectivity index (χ2v) is 4.72. The molecular weight excluding hydrogens is 242 g/mol. The second-order valence-electron chi connectivity index (χ2n) is 4.72. The van der Waals surface area contributed by atoms with E-state index in [-0.39, 0.29) is 12.0 Å². The minimum atomic E-state index is -0.300. The number of carbonyl (C=O) groups is 1. The maximum absolute atomic E-state index is 11.9. The zero-order valence-electron chi connectivity index (χ0n) is 12.1. The predicted molar refractivity (Wildman–Crippen MR) is 76.5 cm³/mol. The van der Waals surface area contributed by atoms with Crippen LogP contribution in [0.5, 0.6) is 0 Å². The summed E-state index contributed by atoms with van der Waals surface area (Å²) in [5.74, 6) is 0.0979. The van der Waals surface area contributed by atoms with Crippen molar-refractivity contribution in [1.29, 1.82) is 0 Å². The highest BCUT2D eigenvalue weighted by atomic mass is 16.5. The average Bonchev–Trinajstić information content (AvgIpc) is 2.39. The number of rotatable bonds is 7. The summed E-state index contributed by atoms with van der Waals surface area (Å²) in [5.41, 5.74) is 1.35. The van der Waals surface area contributed by atoms with E-state index in [1.165, 1.54) is 0 Å². The molecule has 0 saturated carbocycles. The van der Waals surface area contributed by atoms with Crippen LogP contribution in [0.4, 0.5) is 5.69 Å². The zero-order chi connectivity index (χ0) is 14.3. The van der Waals surface area contributed by atoms with Crippen molar-refractivity contribution in [2.24, 2.45) is 5.92 Å². The lowest BCUT2D eigenvalue weighted by Crippen LogP contribution is -2.31. The van der Waals surface area contributed by atoms with Gasteiger partial charge in [-0.05, 0) is 25.0 Å². The van der Waals surface area contributed by atoms with E-state index in [1.54, 1.807) is 20.1 Å². The summed E-state index contributed by atoms with van der Waals surface area (Å²) in [4.78, 5) is 11.9. The molecule has 4 heteroatoms. The van der Waals surface area contributed by atoms with E-state index in [1.807, 2.05) is 18.2 Å². The van der Waals surface area contributed by atoms with Crippen LogP contribution in [0.1, 0.15) is 31.1 Å². The lowest BCUT2D eigenvalue weighted by Gasteiger charge is -2.23. The summed E-state index contributed by atoms with van der Waals surface area (Å²) in [5, 5.41) is 3.36. The second kappa shape index (κ2) is 7.79. The number of carbonyl (C=O) groups excluding carboxylic acids is 1. The van der Waals surface area contributed by atoms with Crippen LogP contribution in [0.2, 0.25) is 0 Å². The highest BCUT2D eigenvalue weighted by Gasteiger charge is 2.17. The smallest absolute Gasteiger partial charge is 0.340 e. The number of hydrogen-bond acceptors (Lipinski definition) is 4. The molecule has 0 heterocycles. The van der Waals surface area contributed by atoms with Crippen LogP contribution >= 0.6 is 0 Å². The highest BCUT2D eigenvalue weighted by Crippen LogP contribution is 2.19. The van der Waals surface area contributed by atoms with E-state index in [4.69, 9.17) is 9.47 Å². The molecule has 4 nitrogen and oxygen atoms in total. The molecule has 0 spiro atoms. The van der Waals surface area contributed by atoms with Gasteiger partial charge in [-0.25, -0.2) is 4.79 Å². The van der Waals surface area contributed by atoms with E-state index in [2.05, 4.69) is 19.2 Å². The first-order valence-corrected chi connectivity index (χ1v) is 6.61. The van der Waals surface area contributed by atoms with Crippen LogP contribution in [-0.2, 0) is 9.47 Å². The van der Waals surface area contributed by atoms with Gasteiger partial charge in [0, 0.05) is 12.8 Å². The van der Waals surface area contributed by atoms with Gasteiger partial charge in [0.15, 0.2) is 0 Å². The molecule has 1 rings (SSSR count). The van der Waals surface area contributed by atoms with Crippen LogP contribution in [0.15, 0.2) is 24.3 Å². The number of para-hydroxylation sites is 1. The van der Waals surface area contributed by atoms with Gasteiger partial charge in [0.1, 0.15) is 0 Å². The monoisotopic (exact) mass is 265 g/mol. The number of nitrogens with one attached hydrogen (secondary N) is 1. The van der Waals surface area contributed by atoms with Crippen molar-refractivity contribution < 1.29 is 14.3 Å². The molecule has 0 aromatic heterocycles. The molecule has 0 aliphatic carbocycles. The minimum Gasteiger partial charge on any atom is -0.462 e. The molecular formula is C15H23NO3. The molecule has 19 heavy (non-hydrogen) atoms. The molecule has 0 aliphatic heterocycles. The summed E-state index contributed by atoms with van der Waals surface area (Å²) >= 11 is 0. The number of ether oxygens (including phenoxy) is 2. The Kier molecular flexibility index (Phi) is 6.36. The Hall–Kier alpha value is -1.55. The third-order valence-corrected chi connectivity index (χ3v) is 2.91. The zero-order valence-corrected chi connectivity index (χ0v) is 12.1. The number of methoxy groups -OCH3 is 1. The first kappa shape index (κ1) is 15.5. The van der Waals surface area contributed by atoms with Crippen molar-refractivity contribution in [1.82, 2.24) is 0 Å². The topological polar surface area (TPSA) is 47.6 Å². The molecule has 1 unspecified atom stereocenters. The molecule has 0 aliphatic rings. The number of anilines is 1. The maximum Gasteiger partial charge on any atom is 0.340 e. The van der Waals surface area contributed by atoms with Gasteiger partial charge >= 0.3 is 5.97 Å². The fourth-order valence-electron chi connectivity index (χ4n) is 1.78. The Bertz CT molecular complexity index is 404. The molecule has 1 aromatic carbocycles. The lowest BCUT2D eigenvalue weighted by molar-refractivity contribution is 0.0527. The Morgan fingerprint density at radius 2 is 2.00 bits per heavy atom. The maximum atomic E-state index is 11.9. The SMILES string of the molecule is CCOC(=O)c1ccccc1NC(COC)C(C)C. The van der Waals surface area contributed by atoms with Gasteiger partial charge in [0.25, 0.3) is 0 Å². The Balaban J connectivity index is 2.90. The fourth-order valence-corrected chi connectivity index (χ4v) is 1.78. The summed E-state index contributed by atoms with van der Waals surface area (Å²) in [7, 11) is 1.67. The van der Waals surface area contributed by atoms with Crippen LogP contribution in [0.3, 0.4) is 0 Å². The molecule has 0 amide bonds. The van der Waals surface area contributed by atoms with Crippen LogP contribution in [0.25, 0.3) is 0 Å². The average molecular weight is 265 g/mol. The number of benzene rings is 1. The van der Waals surface area contributed by atoms with Gasteiger partial charge in [0.05, 0.1) is 24.8 Å². The van der Waals surface area contributed by atoms with Gasteiger partial charge in [-0.15, -0.1) is 0 Å². The Morgan fingerprint density at radius 1 is 1.32 bits per heavy atom. The normalized spacial score (nSPS) is 12.3. The van der Waals surface area contributed by atoms with Crippen molar-refractivity contribution in [3.8, 4) is 0 Å². The standard InChI is InChI=1S/C15H23NO3/c1-5-19-15(17)12-8-6-7-9-13(12)16-14(10-18-4)11(2)3/h6-9,11,14,16H,5,10H2,1-4H3. The largest absolute Gasteiger partial charge is 0.462 e. The molecule has 1 aromatic rings. The highest BCUT2D eigenvalue weighted by molar-refractivity contribution is 5.95. The van der Waals surface area contributed by atoms with E-state index in [9.17, 15) is 4.79 Å².